The molecule has 4 nitrogen and oxygen atoms in total. The van der Waals surface area contributed by atoms with Gasteiger partial charge in [-0.15, -0.1) is 0 Å². The highest BCUT2D eigenvalue weighted by Crippen LogP contribution is 2.23. The van der Waals surface area contributed by atoms with Crippen LogP contribution < -0.4 is 11.1 Å². The first-order chi connectivity index (χ1) is 8.39. The van der Waals surface area contributed by atoms with Gasteiger partial charge < -0.3 is 11.1 Å². The topological polar surface area (TPSA) is 58.4 Å². The Morgan fingerprint density at radius 3 is 2.67 bits per heavy atom. The molecule has 1 heterocycles. The van der Waals surface area contributed by atoms with Crippen molar-refractivity contribution >= 4 is 5.91 Å². The Morgan fingerprint density at radius 2 is 2.11 bits per heavy atom. The van der Waals surface area contributed by atoms with Gasteiger partial charge in [-0.05, 0) is 45.6 Å². The van der Waals surface area contributed by atoms with Crippen LogP contribution in [0.15, 0.2) is 0 Å². The van der Waals surface area contributed by atoms with Gasteiger partial charge in [-0.1, -0.05) is 13.8 Å². The maximum Gasteiger partial charge on any atom is 0.238 e. The molecule has 1 amide bonds. The summed E-state index contributed by atoms with van der Waals surface area (Å²) in [6.07, 6.45) is 3.51. The number of nitrogens with two attached hydrogens (primary N) is 1. The third-order valence-corrected chi connectivity index (χ3v) is 4.08. The van der Waals surface area contributed by atoms with Crippen LogP contribution in [-0.2, 0) is 4.79 Å². The van der Waals surface area contributed by atoms with Gasteiger partial charge in [-0.2, -0.15) is 0 Å². The van der Waals surface area contributed by atoms with E-state index in [9.17, 15) is 4.79 Å². The second-order valence-electron chi connectivity index (χ2n) is 6.08. The molecule has 4 heteroatoms. The molecular formula is C14H29N3O. The van der Waals surface area contributed by atoms with Crippen LogP contribution in [0.3, 0.4) is 0 Å². The standard InChI is InChI=1S/C14H29N3O/c1-5-8-16-14(4,13(15)18)10-17-9-11(2)6-7-12(17)3/h11-12,16H,5-10H2,1-4H3,(H2,15,18). The molecule has 1 rings (SSSR count). The number of carbonyl (C=O) groups is 1. The van der Waals surface area contributed by atoms with Crippen molar-refractivity contribution in [3.05, 3.63) is 0 Å². The van der Waals surface area contributed by atoms with Crippen LogP contribution in [-0.4, -0.2) is 42.0 Å². The Balaban J connectivity index is 2.67. The van der Waals surface area contributed by atoms with E-state index in [0.29, 0.717) is 18.5 Å². The summed E-state index contributed by atoms with van der Waals surface area (Å²) in [6.45, 7) is 11.2. The van der Waals surface area contributed by atoms with Crippen LogP contribution in [0.4, 0.5) is 0 Å². The summed E-state index contributed by atoms with van der Waals surface area (Å²) in [4.78, 5) is 14.1. The highest BCUT2D eigenvalue weighted by atomic mass is 16.1. The van der Waals surface area contributed by atoms with Gasteiger partial charge >= 0.3 is 0 Å². The molecule has 0 radical (unpaired) electrons. The molecule has 0 aromatic rings. The molecule has 3 unspecified atom stereocenters. The molecule has 1 fully saturated rings. The van der Waals surface area contributed by atoms with Crippen molar-refractivity contribution in [1.82, 2.24) is 10.2 Å². The van der Waals surface area contributed by atoms with Crippen LogP contribution in [0.25, 0.3) is 0 Å². The lowest BCUT2D eigenvalue weighted by Gasteiger charge is -2.41. The monoisotopic (exact) mass is 255 g/mol. The van der Waals surface area contributed by atoms with Crippen molar-refractivity contribution in [2.24, 2.45) is 11.7 Å². The number of likely N-dealkylation sites (tertiary alicyclic amines) is 1. The van der Waals surface area contributed by atoms with E-state index in [1.807, 2.05) is 6.92 Å². The SMILES string of the molecule is CCCNC(C)(CN1CC(C)CCC1C)C(N)=O. The van der Waals surface area contributed by atoms with Gasteiger partial charge in [0, 0.05) is 19.1 Å². The summed E-state index contributed by atoms with van der Waals surface area (Å²) in [7, 11) is 0. The van der Waals surface area contributed by atoms with E-state index in [1.165, 1.54) is 12.8 Å². The van der Waals surface area contributed by atoms with Crippen molar-refractivity contribution in [3.63, 3.8) is 0 Å². The molecule has 1 aliphatic heterocycles. The summed E-state index contributed by atoms with van der Waals surface area (Å²) < 4.78 is 0. The number of amides is 1. The number of nitrogens with zero attached hydrogens (tertiary/aromatic N) is 1. The molecule has 106 valence electrons. The minimum Gasteiger partial charge on any atom is -0.368 e. The lowest BCUT2D eigenvalue weighted by molar-refractivity contribution is -0.125. The van der Waals surface area contributed by atoms with Crippen LogP contribution in [0.2, 0.25) is 0 Å². The number of piperidine rings is 1. The summed E-state index contributed by atoms with van der Waals surface area (Å²) in [5, 5.41) is 3.31. The Hall–Kier alpha value is -0.610. The molecule has 18 heavy (non-hydrogen) atoms. The molecule has 0 aliphatic carbocycles. The Labute approximate surface area is 111 Å². The predicted octanol–water partition coefficient (Wildman–Crippen LogP) is 1.35. The number of carbonyl (C=O) groups excluding carboxylic acids is 1. The van der Waals surface area contributed by atoms with Gasteiger partial charge in [-0.3, -0.25) is 9.69 Å². The average Bonchev–Trinajstić information content (AvgIpc) is 2.31. The maximum atomic E-state index is 11.7. The van der Waals surface area contributed by atoms with E-state index in [4.69, 9.17) is 5.73 Å². The predicted molar refractivity (Wildman–Crippen MR) is 75.3 cm³/mol. The van der Waals surface area contributed by atoms with Gasteiger partial charge in [-0.25, -0.2) is 0 Å². The van der Waals surface area contributed by atoms with Gasteiger partial charge in [0.25, 0.3) is 0 Å². The quantitative estimate of drug-likeness (QED) is 0.753. The van der Waals surface area contributed by atoms with E-state index in [1.54, 1.807) is 0 Å². The molecular weight excluding hydrogens is 226 g/mol. The summed E-state index contributed by atoms with van der Waals surface area (Å²) in [6, 6.07) is 0.545. The zero-order valence-corrected chi connectivity index (χ0v) is 12.3. The van der Waals surface area contributed by atoms with Crippen LogP contribution >= 0.6 is 0 Å². The van der Waals surface area contributed by atoms with Crippen molar-refractivity contribution in [3.8, 4) is 0 Å². The van der Waals surface area contributed by atoms with Crippen LogP contribution in [0, 0.1) is 5.92 Å². The van der Waals surface area contributed by atoms with Crippen molar-refractivity contribution in [2.45, 2.75) is 58.5 Å². The summed E-state index contributed by atoms with van der Waals surface area (Å²) >= 11 is 0. The number of nitrogens with one attached hydrogen (secondary N) is 1. The fourth-order valence-electron chi connectivity index (χ4n) is 2.63. The molecule has 0 saturated carbocycles. The normalized spacial score (nSPS) is 28.9. The van der Waals surface area contributed by atoms with Crippen molar-refractivity contribution in [1.29, 1.82) is 0 Å². The molecule has 0 bridgehead atoms. The molecule has 0 spiro atoms. The first-order valence-corrected chi connectivity index (χ1v) is 7.18. The third kappa shape index (κ3) is 3.95. The lowest BCUT2D eigenvalue weighted by atomic mass is 9.92. The van der Waals surface area contributed by atoms with Gasteiger partial charge in [0.15, 0.2) is 0 Å². The second kappa shape index (κ2) is 6.53. The van der Waals surface area contributed by atoms with Crippen LogP contribution in [0.5, 0.6) is 0 Å². The number of primary amides is 1. The zero-order valence-electron chi connectivity index (χ0n) is 12.3. The second-order valence-corrected chi connectivity index (χ2v) is 6.08. The van der Waals surface area contributed by atoms with Crippen molar-refractivity contribution in [2.75, 3.05) is 19.6 Å². The highest BCUT2D eigenvalue weighted by molar-refractivity contribution is 5.84. The Morgan fingerprint density at radius 1 is 1.44 bits per heavy atom. The van der Waals surface area contributed by atoms with E-state index >= 15 is 0 Å². The fraction of sp³-hybridized carbons (Fsp3) is 0.929. The first kappa shape index (κ1) is 15.4. The minimum atomic E-state index is -0.610. The van der Waals surface area contributed by atoms with E-state index in [2.05, 4.69) is 31.0 Å². The molecule has 0 aromatic heterocycles. The maximum absolute atomic E-state index is 11.7. The number of hydrogen-bond donors (Lipinski definition) is 2. The largest absolute Gasteiger partial charge is 0.368 e. The third-order valence-electron chi connectivity index (χ3n) is 4.08. The van der Waals surface area contributed by atoms with Crippen LogP contribution in [0.1, 0.15) is 47.0 Å². The summed E-state index contributed by atoms with van der Waals surface area (Å²) in [5.41, 5.74) is 4.97. The number of rotatable bonds is 6. The van der Waals surface area contributed by atoms with E-state index in [0.717, 1.165) is 19.5 Å². The molecule has 1 aliphatic rings. The Kier molecular flexibility index (Phi) is 5.60. The Bertz CT molecular complexity index is 282. The van der Waals surface area contributed by atoms with Crippen molar-refractivity contribution < 1.29 is 4.79 Å². The highest BCUT2D eigenvalue weighted by Gasteiger charge is 2.35. The van der Waals surface area contributed by atoms with E-state index in [-0.39, 0.29) is 5.91 Å². The fourth-order valence-corrected chi connectivity index (χ4v) is 2.63. The zero-order chi connectivity index (χ0) is 13.8. The number of hydrogen-bond acceptors (Lipinski definition) is 3. The minimum absolute atomic E-state index is 0.249. The van der Waals surface area contributed by atoms with Gasteiger partial charge in [0.1, 0.15) is 5.54 Å². The smallest absolute Gasteiger partial charge is 0.238 e. The molecule has 3 atom stereocenters. The average molecular weight is 255 g/mol. The molecule has 3 N–H and O–H groups in total. The van der Waals surface area contributed by atoms with Gasteiger partial charge in [0.05, 0.1) is 0 Å². The molecule has 1 saturated heterocycles. The van der Waals surface area contributed by atoms with Gasteiger partial charge in [0.2, 0.25) is 5.91 Å². The summed E-state index contributed by atoms with van der Waals surface area (Å²) in [5.74, 6) is 0.464. The van der Waals surface area contributed by atoms with E-state index < -0.39 is 5.54 Å². The molecule has 0 aromatic carbocycles. The first-order valence-electron chi connectivity index (χ1n) is 7.18. The lowest BCUT2D eigenvalue weighted by Crippen LogP contribution is -2.61.